The Morgan fingerprint density at radius 2 is 1.80 bits per heavy atom. The Balaban J connectivity index is 1.76. The smallest absolute Gasteiger partial charge is 0.330 e. The van der Waals surface area contributed by atoms with Crippen LogP contribution in [0.1, 0.15) is 18.3 Å². The molecule has 10 nitrogen and oxygen atoms in total. The summed E-state index contributed by atoms with van der Waals surface area (Å²) in [6.07, 6.45) is 0.630. The maximum atomic E-state index is 13.6. The molecule has 182 valence electrons. The fourth-order valence-corrected chi connectivity index (χ4v) is 4.10. The number of rotatable bonds is 9. The first-order valence-corrected chi connectivity index (χ1v) is 11.3. The summed E-state index contributed by atoms with van der Waals surface area (Å²) in [6.45, 7) is 2.32. The van der Waals surface area contributed by atoms with Gasteiger partial charge in [0.1, 0.15) is 18.2 Å². The fraction of sp³-hybridized carbons (Fsp3) is 0.280. The molecule has 0 aliphatic heterocycles. The standard InChI is InChI=1S/C25H28N6O4/c1-3-20-27-18-11-7-8-12-19(18)30(20)16-21(32)29(13-14-35-2)22-23(26)31(25(34)28-24(22)33)15-17-9-5-4-6-10-17/h4-12H,3,13-16,26H2,1-2H3,(H,28,33,34). The van der Waals surface area contributed by atoms with E-state index in [-0.39, 0.29) is 43.7 Å². The number of fused-ring (bicyclic) bond motifs is 1. The van der Waals surface area contributed by atoms with Crippen LogP contribution in [0.15, 0.2) is 64.2 Å². The number of hydrogen-bond acceptors (Lipinski definition) is 6. The highest BCUT2D eigenvalue weighted by Crippen LogP contribution is 2.21. The second-order valence-corrected chi connectivity index (χ2v) is 8.06. The number of H-pyrrole nitrogens is 1. The number of carbonyl (C=O) groups excluding carboxylic acids is 1. The average molecular weight is 477 g/mol. The van der Waals surface area contributed by atoms with Gasteiger partial charge in [0.05, 0.1) is 24.2 Å². The minimum atomic E-state index is -0.729. The number of para-hydroxylation sites is 2. The van der Waals surface area contributed by atoms with Gasteiger partial charge in [-0.25, -0.2) is 9.78 Å². The summed E-state index contributed by atoms with van der Waals surface area (Å²) >= 11 is 0. The first-order chi connectivity index (χ1) is 16.9. The van der Waals surface area contributed by atoms with Gasteiger partial charge in [0.25, 0.3) is 5.56 Å². The summed E-state index contributed by atoms with van der Waals surface area (Å²) in [4.78, 5) is 47.3. The van der Waals surface area contributed by atoms with Gasteiger partial charge in [-0.1, -0.05) is 49.4 Å². The number of nitrogens with two attached hydrogens (primary N) is 1. The highest BCUT2D eigenvalue weighted by molar-refractivity contribution is 5.96. The molecule has 10 heteroatoms. The predicted octanol–water partition coefficient (Wildman–Crippen LogP) is 1.76. The van der Waals surface area contributed by atoms with E-state index in [0.29, 0.717) is 6.42 Å². The molecular weight excluding hydrogens is 448 g/mol. The van der Waals surface area contributed by atoms with Crippen molar-refractivity contribution in [1.82, 2.24) is 19.1 Å². The Morgan fingerprint density at radius 1 is 1.09 bits per heavy atom. The molecule has 0 unspecified atom stereocenters. The van der Waals surface area contributed by atoms with Crippen LogP contribution in [0.3, 0.4) is 0 Å². The summed E-state index contributed by atoms with van der Waals surface area (Å²) in [5.41, 5.74) is 7.33. The number of aromatic amines is 1. The number of nitrogens with one attached hydrogen (secondary N) is 1. The second-order valence-electron chi connectivity index (χ2n) is 8.06. The summed E-state index contributed by atoms with van der Waals surface area (Å²) in [7, 11) is 1.51. The van der Waals surface area contributed by atoms with Gasteiger partial charge in [-0.2, -0.15) is 0 Å². The number of amides is 1. The van der Waals surface area contributed by atoms with Crippen LogP contribution >= 0.6 is 0 Å². The van der Waals surface area contributed by atoms with Crippen molar-refractivity contribution in [2.75, 3.05) is 30.9 Å². The molecular formula is C25H28N6O4. The molecule has 4 rings (SSSR count). The molecule has 1 amide bonds. The molecule has 0 bridgehead atoms. The lowest BCUT2D eigenvalue weighted by molar-refractivity contribution is -0.119. The summed E-state index contributed by atoms with van der Waals surface area (Å²) in [5.74, 6) is 0.294. The maximum Gasteiger partial charge on any atom is 0.330 e. The Kier molecular flexibility index (Phi) is 7.11. The van der Waals surface area contributed by atoms with Crippen molar-refractivity contribution in [2.24, 2.45) is 0 Å². The highest BCUT2D eigenvalue weighted by atomic mass is 16.5. The van der Waals surface area contributed by atoms with Crippen molar-refractivity contribution in [1.29, 1.82) is 0 Å². The van der Waals surface area contributed by atoms with E-state index in [9.17, 15) is 14.4 Å². The molecule has 0 aliphatic rings. The number of ether oxygens (including phenoxy) is 1. The van der Waals surface area contributed by atoms with Gasteiger partial charge in [-0.3, -0.25) is 19.1 Å². The zero-order valence-corrected chi connectivity index (χ0v) is 19.7. The zero-order chi connectivity index (χ0) is 24.9. The molecule has 4 aromatic rings. The third-order valence-electron chi connectivity index (χ3n) is 5.83. The summed E-state index contributed by atoms with van der Waals surface area (Å²) in [5, 5.41) is 0. The number of imidazole rings is 1. The number of benzene rings is 2. The largest absolute Gasteiger partial charge is 0.383 e. The topological polar surface area (TPSA) is 128 Å². The molecule has 0 aliphatic carbocycles. The normalized spacial score (nSPS) is 11.1. The van der Waals surface area contributed by atoms with Crippen LogP contribution < -0.4 is 21.9 Å². The first-order valence-electron chi connectivity index (χ1n) is 11.3. The quantitative estimate of drug-likeness (QED) is 0.379. The fourth-order valence-electron chi connectivity index (χ4n) is 4.10. The lowest BCUT2D eigenvalue weighted by Gasteiger charge is -2.25. The van der Waals surface area contributed by atoms with E-state index >= 15 is 0 Å². The predicted molar refractivity (Wildman–Crippen MR) is 135 cm³/mol. The van der Waals surface area contributed by atoms with Crippen molar-refractivity contribution in [3.05, 3.63) is 86.8 Å². The number of hydrogen-bond donors (Lipinski definition) is 2. The van der Waals surface area contributed by atoms with Crippen LogP contribution in [-0.2, 0) is 29.0 Å². The molecule has 0 saturated heterocycles. The number of nitrogens with zero attached hydrogens (tertiary/aromatic N) is 4. The number of methoxy groups -OCH3 is 1. The van der Waals surface area contributed by atoms with E-state index < -0.39 is 11.2 Å². The molecule has 0 radical (unpaired) electrons. The lowest BCUT2D eigenvalue weighted by Crippen LogP contribution is -2.43. The third-order valence-corrected chi connectivity index (χ3v) is 5.83. The van der Waals surface area contributed by atoms with Crippen LogP contribution in [-0.4, -0.2) is 45.3 Å². The van der Waals surface area contributed by atoms with Crippen molar-refractivity contribution in [3.8, 4) is 0 Å². The Morgan fingerprint density at radius 3 is 2.51 bits per heavy atom. The maximum absolute atomic E-state index is 13.6. The van der Waals surface area contributed by atoms with Crippen molar-refractivity contribution in [2.45, 2.75) is 26.4 Å². The molecule has 0 fully saturated rings. The van der Waals surface area contributed by atoms with Crippen LogP contribution in [0.5, 0.6) is 0 Å². The first kappa shape index (κ1) is 24.0. The van der Waals surface area contributed by atoms with E-state index in [1.165, 1.54) is 16.6 Å². The van der Waals surface area contributed by atoms with E-state index in [0.717, 1.165) is 22.4 Å². The van der Waals surface area contributed by atoms with Gasteiger partial charge in [0.2, 0.25) is 5.91 Å². The number of aromatic nitrogens is 4. The molecule has 2 heterocycles. The van der Waals surface area contributed by atoms with E-state index in [4.69, 9.17) is 10.5 Å². The molecule has 35 heavy (non-hydrogen) atoms. The third kappa shape index (κ3) is 4.87. The Labute approximate surface area is 201 Å². The van der Waals surface area contributed by atoms with E-state index in [1.54, 1.807) is 0 Å². The average Bonchev–Trinajstić information content (AvgIpc) is 3.21. The van der Waals surface area contributed by atoms with E-state index in [2.05, 4.69) is 9.97 Å². The van der Waals surface area contributed by atoms with Crippen LogP contribution in [0.2, 0.25) is 0 Å². The van der Waals surface area contributed by atoms with E-state index in [1.807, 2.05) is 66.1 Å². The molecule has 0 atom stereocenters. The lowest BCUT2D eigenvalue weighted by atomic mass is 10.2. The molecule has 0 spiro atoms. The zero-order valence-electron chi connectivity index (χ0n) is 19.7. The summed E-state index contributed by atoms with van der Waals surface area (Å²) < 4.78 is 8.28. The van der Waals surface area contributed by atoms with Gasteiger partial charge in [0, 0.05) is 20.1 Å². The SMILES string of the molecule is CCc1nc2ccccc2n1CC(=O)N(CCOC)c1c(N)n(Cc2ccccc2)c(=O)[nH]c1=O. The second kappa shape index (κ2) is 10.4. The van der Waals surface area contributed by atoms with Crippen LogP contribution in [0.25, 0.3) is 11.0 Å². The number of carbonyl (C=O) groups is 1. The van der Waals surface area contributed by atoms with Gasteiger partial charge < -0.3 is 19.9 Å². The minimum absolute atomic E-state index is 0.0515. The number of nitrogen functional groups attached to an aromatic ring is 1. The Hall–Kier alpha value is -4.18. The van der Waals surface area contributed by atoms with Gasteiger partial charge in [-0.15, -0.1) is 0 Å². The highest BCUT2D eigenvalue weighted by Gasteiger charge is 2.25. The number of aryl methyl sites for hydroxylation is 1. The monoisotopic (exact) mass is 476 g/mol. The van der Waals surface area contributed by atoms with Crippen molar-refractivity contribution < 1.29 is 9.53 Å². The van der Waals surface area contributed by atoms with Crippen LogP contribution in [0.4, 0.5) is 11.5 Å². The van der Waals surface area contributed by atoms with Crippen molar-refractivity contribution >= 4 is 28.4 Å². The van der Waals surface area contributed by atoms with Gasteiger partial charge in [0.15, 0.2) is 5.69 Å². The molecule has 0 saturated carbocycles. The molecule has 2 aromatic carbocycles. The Bertz CT molecular complexity index is 1450. The molecule has 2 aromatic heterocycles. The summed E-state index contributed by atoms with van der Waals surface area (Å²) in [6, 6.07) is 16.8. The molecule has 3 N–H and O–H groups in total. The van der Waals surface area contributed by atoms with Gasteiger partial charge >= 0.3 is 5.69 Å². The van der Waals surface area contributed by atoms with Gasteiger partial charge in [-0.05, 0) is 17.7 Å². The minimum Gasteiger partial charge on any atom is -0.383 e. The van der Waals surface area contributed by atoms with Crippen LogP contribution in [0, 0.1) is 0 Å². The van der Waals surface area contributed by atoms with Crippen molar-refractivity contribution in [3.63, 3.8) is 0 Å². The number of anilines is 2.